The van der Waals surface area contributed by atoms with Crippen LogP contribution in [0.4, 0.5) is 0 Å². The number of amides is 1. The highest BCUT2D eigenvalue weighted by atomic mass is 32.1. The van der Waals surface area contributed by atoms with Gasteiger partial charge in [-0.3, -0.25) is 4.79 Å². The standard InChI is InChI=1S/C15H19N3OS/c1-10-14(11(2)18(3)13(19)9-16)20-15(17-10)12-7-5-4-6-8-12/h4-8,11H,9,16H2,1-3H3. The monoisotopic (exact) mass is 289 g/mol. The number of carbonyl (C=O) groups is 1. The van der Waals surface area contributed by atoms with Crippen molar-refractivity contribution in [2.75, 3.05) is 13.6 Å². The van der Waals surface area contributed by atoms with E-state index in [4.69, 9.17) is 5.73 Å². The molecule has 1 aromatic carbocycles. The average molecular weight is 289 g/mol. The van der Waals surface area contributed by atoms with Crippen LogP contribution < -0.4 is 5.73 Å². The van der Waals surface area contributed by atoms with Crippen LogP contribution in [0.25, 0.3) is 10.6 Å². The van der Waals surface area contributed by atoms with Crippen LogP contribution in [0.5, 0.6) is 0 Å². The van der Waals surface area contributed by atoms with Gasteiger partial charge in [0, 0.05) is 12.6 Å². The predicted octanol–water partition coefficient (Wildman–Crippen LogP) is 2.60. The normalized spacial score (nSPS) is 12.2. The van der Waals surface area contributed by atoms with Gasteiger partial charge in [0.1, 0.15) is 5.01 Å². The molecule has 0 aliphatic carbocycles. The van der Waals surface area contributed by atoms with Crippen molar-refractivity contribution in [1.29, 1.82) is 0 Å². The van der Waals surface area contributed by atoms with Crippen molar-refractivity contribution in [3.8, 4) is 10.6 Å². The number of thiazole rings is 1. The Labute approximate surface area is 123 Å². The van der Waals surface area contributed by atoms with E-state index >= 15 is 0 Å². The lowest BCUT2D eigenvalue weighted by molar-refractivity contribution is -0.130. The number of aromatic nitrogens is 1. The Hall–Kier alpha value is -1.72. The molecule has 0 saturated carbocycles. The van der Waals surface area contributed by atoms with Gasteiger partial charge in [-0.1, -0.05) is 30.3 Å². The first-order valence-electron chi connectivity index (χ1n) is 6.53. The van der Waals surface area contributed by atoms with Gasteiger partial charge >= 0.3 is 0 Å². The Morgan fingerprint density at radius 1 is 1.40 bits per heavy atom. The van der Waals surface area contributed by atoms with Gasteiger partial charge in [0.25, 0.3) is 0 Å². The second-order valence-corrected chi connectivity index (χ2v) is 5.75. The van der Waals surface area contributed by atoms with E-state index in [2.05, 4.69) is 4.98 Å². The lowest BCUT2D eigenvalue weighted by Crippen LogP contribution is -2.34. The van der Waals surface area contributed by atoms with E-state index in [0.717, 1.165) is 21.1 Å². The van der Waals surface area contributed by atoms with Crippen LogP contribution in [-0.2, 0) is 4.79 Å². The van der Waals surface area contributed by atoms with Crippen molar-refractivity contribution in [1.82, 2.24) is 9.88 Å². The third-order valence-corrected chi connectivity index (χ3v) is 4.76. The van der Waals surface area contributed by atoms with E-state index in [1.807, 2.05) is 44.2 Å². The zero-order chi connectivity index (χ0) is 14.7. The van der Waals surface area contributed by atoms with E-state index in [1.165, 1.54) is 0 Å². The first-order chi connectivity index (χ1) is 9.54. The van der Waals surface area contributed by atoms with Crippen molar-refractivity contribution in [2.45, 2.75) is 19.9 Å². The number of benzene rings is 1. The molecular weight excluding hydrogens is 270 g/mol. The van der Waals surface area contributed by atoms with Gasteiger partial charge in [0.2, 0.25) is 5.91 Å². The topological polar surface area (TPSA) is 59.2 Å². The Kier molecular flexibility index (Phi) is 4.52. The number of nitrogens with two attached hydrogens (primary N) is 1. The van der Waals surface area contributed by atoms with Crippen molar-refractivity contribution in [3.63, 3.8) is 0 Å². The summed E-state index contributed by atoms with van der Waals surface area (Å²) in [7, 11) is 1.78. The summed E-state index contributed by atoms with van der Waals surface area (Å²) in [5, 5.41) is 0.985. The Bertz CT molecular complexity index is 594. The molecular formula is C15H19N3OS. The third-order valence-electron chi connectivity index (χ3n) is 3.38. The summed E-state index contributed by atoms with van der Waals surface area (Å²) in [6, 6.07) is 10.1. The molecule has 1 heterocycles. The fourth-order valence-electron chi connectivity index (χ4n) is 2.04. The van der Waals surface area contributed by atoms with Crippen LogP contribution >= 0.6 is 11.3 Å². The van der Waals surface area contributed by atoms with Gasteiger partial charge < -0.3 is 10.6 Å². The summed E-state index contributed by atoms with van der Waals surface area (Å²) in [5.41, 5.74) is 7.49. The Morgan fingerprint density at radius 2 is 2.05 bits per heavy atom. The van der Waals surface area contributed by atoms with Crippen molar-refractivity contribution < 1.29 is 4.79 Å². The van der Waals surface area contributed by atoms with E-state index in [1.54, 1.807) is 23.3 Å². The minimum absolute atomic E-state index is 0.0130. The number of hydrogen-bond acceptors (Lipinski definition) is 4. The molecule has 0 spiro atoms. The largest absolute Gasteiger partial charge is 0.337 e. The van der Waals surface area contributed by atoms with E-state index in [0.29, 0.717) is 0 Å². The van der Waals surface area contributed by atoms with Crippen molar-refractivity contribution in [3.05, 3.63) is 40.9 Å². The number of rotatable bonds is 4. The van der Waals surface area contributed by atoms with E-state index in [-0.39, 0.29) is 18.5 Å². The smallest absolute Gasteiger partial charge is 0.236 e. The molecule has 2 aromatic rings. The second-order valence-electron chi connectivity index (χ2n) is 4.72. The fourth-order valence-corrected chi connectivity index (χ4v) is 3.20. The summed E-state index contributed by atoms with van der Waals surface area (Å²) < 4.78 is 0. The van der Waals surface area contributed by atoms with Crippen molar-refractivity contribution >= 4 is 17.2 Å². The molecule has 0 aliphatic rings. The van der Waals surface area contributed by atoms with Crippen LogP contribution in [-0.4, -0.2) is 29.4 Å². The molecule has 2 rings (SSSR count). The summed E-state index contributed by atoms with van der Waals surface area (Å²) in [6.07, 6.45) is 0. The molecule has 4 nitrogen and oxygen atoms in total. The average Bonchev–Trinajstić information content (AvgIpc) is 2.87. The minimum atomic E-state index is -0.0634. The zero-order valence-electron chi connectivity index (χ0n) is 12.0. The maximum atomic E-state index is 11.7. The van der Waals surface area contributed by atoms with Crippen LogP contribution in [0.2, 0.25) is 0 Å². The molecule has 1 atom stereocenters. The lowest BCUT2D eigenvalue weighted by atomic mass is 10.2. The van der Waals surface area contributed by atoms with Gasteiger partial charge in [-0.15, -0.1) is 11.3 Å². The summed E-state index contributed by atoms with van der Waals surface area (Å²) in [4.78, 5) is 19.1. The summed E-state index contributed by atoms with van der Waals surface area (Å²) in [5.74, 6) is -0.0634. The highest BCUT2D eigenvalue weighted by Gasteiger charge is 2.21. The number of likely N-dealkylation sites (N-methyl/N-ethyl adjacent to an activating group) is 1. The van der Waals surface area contributed by atoms with Crippen LogP contribution in [0.3, 0.4) is 0 Å². The molecule has 106 valence electrons. The highest BCUT2D eigenvalue weighted by Crippen LogP contribution is 2.33. The Morgan fingerprint density at radius 3 is 2.65 bits per heavy atom. The highest BCUT2D eigenvalue weighted by molar-refractivity contribution is 7.15. The molecule has 1 aromatic heterocycles. The molecule has 0 bridgehead atoms. The molecule has 0 saturated heterocycles. The predicted molar refractivity (Wildman–Crippen MR) is 82.5 cm³/mol. The number of nitrogens with zero attached hydrogens (tertiary/aromatic N) is 2. The Balaban J connectivity index is 2.30. The maximum Gasteiger partial charge on any atom is 0.236 e. The lowest BCUT2D eigenvalue weighted by Gasteiger charge is -2.23. The number of carbonyl (C=O) groups excluding carboxylic acids is 1. The number of hydrogen-bond donors (Lipinski definition) is 1. The molecule has 20 heavy (non-hydrogen) atoms. The SMILES string of the molecule is Cc1nc(-c2ccccc2)sc1C(C)N(C)C(=O)CN. The van der Waals surface area contributed by atoms with E-state index in [9.17, 15) is 4.79 Å². The number of aryl methyl sites for hydroxylation is 1. The molecule has 5 heteroatoms. The first-order valence-corrected chi connectivity index (χ1v) is 7.34. The molecule has 0 fully saturated rings. The quantitative estimate of drug-likeness (QED) is 0.941. The summed E-state index contributed by atoms with van der Waals surface area (Å²) >= 11 is 1.63. The molecule has 2 N–H and O–H groups in total. The molecule has 1 unspecified atom stereocenters. The maximum absolute atomic E-state index is 11.7. The van der Waals surface area contributed by atoms with Gasteiger partial charge in [-0.05, 0) is 13.8 Å². The van der Waals surface area contributed by atoms with Crippen LogP contribution in [0, 0.1) is 6.92 Å². The van der Waals surface area contributed by atoms with E-state index < -0.39 is 0 Å². The van der Waals surface area contributed by atoms with Crippen LogP contribution in [0.1, 0.15) is 23.5 Å². The zero-order valence-corrected chi connectivity index (χ0v) is 12.8. The first kappa shape index (κ1) is 14.7. The molecule has 0 aliphatic heterocycles. The second kappa shape index (κ2) is 6.15. The van der Waals surface area contributed by atoms with Crippen LogP contribution in [0.15, 0.2) is 30.3 Å². The van der Waals surface area contributed by atoms with Gasteiger partial charge in [-0.2, -0.15) is 0 Å². The van der Waals surface area contributed by atoms with Crippen molar-refractivity contribution in [2.24, 2.45) is 5.73 Å². The van der Waals surface area contributed by atoms with Gasteiger partial charge in [0.15, 0.2) is 0 Å². The van der Waals surface area contributed by atoms with Gasteiger partial charge in [0.05, 0.1) is 23.2 Å². The van der Waals surface area contributed by atoms with Gasteiger partial charge in [-0.25, -0.2) is 4.98 Å². The third kappa shape index (κ3) is 2.89. The molecule has 0 radical (unpaired) electrons. The minimum Gasteiger partial charge on any atom is -0.337 e. The summed E-state index contributed by atoms with van der Waals surface area (Å²) in [6.45, 7) is 4.02. The fraction of sp³-hybridized carbons (Fsp3) is 0.333. The molecule has 1 amide bonds.